The molecule has 106 valence electrons. The molecule has 2 aromatic rings. The predicted molar refractivity (Wildman–Crippen MR) is 79.8 cm³/mol. The monoisotopic (exact) mass is 291 g/mol. The molecule has 0 spiro atoms. The zero-order valence-corrected chi connectivity index (χ0v) is 12.6. The molecule has 0 aliphatic rings. The van der Waals surface area contributed by atoms with E-state index in [1.165, 1.54) is 11.3 Å². The van der Waals surface area contributed by atoms with Gasteiger partial charge in [0.25, 0.3) is 0 Å². The smallest absolute Gasteiger partial charge is 0.347 e. The Kier molecular flexibility index (Phi) is 4.39. The first-order valence-electron chi connectivity index (χ1n) is 6.44. The molecule has 5 heteroatoms. The van der Waals surface area contributed by atoms with Gasteiger partial charge in [0.1, 0.15) is 15.6 Å². The zero-order chi connectivity index (χ0) is 14.7. The maximum absolute atomic E-state index is 11.3. The third kappa shape index (κ3) is 2.82. The highest BCUT2D eigenvalue weighted by Crippen LogP contribution is 2.31. The second kappa shape index (κ2) is 6.05. The Morgan fingerprint density at radius 3 is 2.75 bits per heavy atom. The van der Waals surface area contributed by atoms with Crippen LogP contribution in [0.4, 0.5) is 0 Å². The van der Waals surface area contributed by atoms with E-state index in [9.17, 15) is 9.90 Å². The van der Waals surface area contributed by atoms with E-state index in [0.29, 0.717) is 17.0 Å². The maximum atomic E-state index is 11.3. The standard InChI is InChI=1S/C15H17NO3S/c1-4-5-11-13(15(17)18)20-14(16-11)10-6-7-12(19-3)9(2)8-10/h6-8H,4-5H2,1-3H3,(H,17,18). The minimum atomic E-state index is -0.901. The van der Waals surface area contributed by atoms with Crippen molar-refractivity contribution in [1.82, 2.24) is 4.98 Å². The molecule has 20 heavy (non-hydrogen) atoms. The van der Waals surface area contributed by atoms with Crippen molar-refractivity contribution in [2.75, 3.05) is 7.11 Å². The van der Waals surface area contributed by atoms with Crippen LogP contribution in [0.25, 0.3) is 10.6 Å². The lowest BCUT2D eigenvalue weighted by Gasteiger charge is -2.05. The number of methoxy groups -OCH3 is 1. The summed E-state index contributed by atoms with van der Waals surface area (Å²) in [6.45, 7) is 3.98. The van der Waals surface area contributed by atoms with Crippen LogP contribution < -0.4 is 4.74 Å². The van der Waals surface area contributed by atoms with E-state index in [1.54, 1.807) is 7.11 Å². The maximum Gasteiger partial charge on any atom is 0.347 e. The number of hydrogen-bond donors (Lipinski definition) is 1. The number of carboxylic acids is 1. The minimum Gasteiger partial charge on any atom is -0.496 e. The molecule has 1 aromatic heterocycles. The first kappa shape index (κ1) is 14.5. The first-order chi connectivity index (χ1) is 9.56. The van der Waals surface area contributed by atoms with Crippen molar-refractivity contribution < 1.29 is 14.6 Å². The van der Waals surface area contributed by atoms with Crippen LogP contribution in [-0.2, 0) is 6.42 Å². The molecule has 2 rings (SSSR count). The molecule has 1 heterocycles. The summed E-state index contributed by atoms with van der Waals surface area (Å²) >= 11 is 1.23. The van der Waals surface area contributed by atoms with Crippen molar-refractivity contribution in [2.24, 2.45) is 0 Å². The van der Waals surface area contributed by atoms with Gasteiger partial charge in [0.05, 0.1) is 12.8 Å². The van der Waals surface area contributed by atoms with Gasteiger partial charge in [-0.05, 0) is 37.1 Å². The van der Waals surface area contributed by atoms with E-state index in [1.807, 2.05) is 32.0 Å². The highest BCUT2D eigenvalue weighted by atomic mass is 32.1. The summed E-state index contributed by atoms with van der Waals surface area (Å²) in [5.41, 5.74) is 2.61. The van der Waals surface area contributed by atoms with E-state index in [2.05, 4.69) is 4.98 Å². The molecular formula is C15H17NO3S. The molecule has 4 nitrogen and oxygen atoms in total. The number of ether oxygens (including phenoxy) is 1. The SMILES string of the molecule is CCCc1nc(-c2ccc(OC)c(C)c2)sc1C(=O)O. The summed E-state index contributed by atoms with van der Waals surface area (Å²) in [5, 5.41) is 9.99. The van der Waals surface area contributed by atoms with Crippen molar-refractivity contribution in [2.45, 2.75) is 26.7 Å². The highest BCUT2D eigenvalue weighted by Gasteiger charge is 2.17. The second-order valence-corrected chi connectivity index (χ2v) is 5.53. The zero-order valence-electron chi connectivity index (χ0n) is 11.8. The molecule has 0 aliphatic heterocycles. The van der Waals surface area contributed by atoms with Crippen molar-refractivity contribution >= 4 is 17.3 Å². The summed E-state index contributed by atoms with van der Waals surface area (Å²) in [6.07, 6.45) is 1.57. The van der Waals surface area contributed by atoms with Crippen LogP contribution in [-0.4, -0.2) is 23.2 Å². The van der Waals surface area contributed by atoms with Crippen LogP contribution in [0.3, 0.4) is 0 Å². The largest absolute Gasteiger partial charge is 0.496 e. The summed E-state index contributed by atoms with van der Waals surface area (Å²) in [5.74, 6) is -0.0834. The fourth-order valence-corrected chi connectivity index (χ4v) is 3.01. The Labute approximate surface area is 122 Å². The third-order valence-electron chi connectivity index (χ3n) is 3.02. The predicted octanol–water partition coefficient (Wildman–Crippen LogP) is 3.78. The molecule has 0 aliphatic carbocycles. The van der Waals surface area contributed by atoms with Gasteiger partial charge < -0.3 is 9.84 Å². The number of thiazole rings is 1. The topological polar surface area (TPSA) is 59.4 Å². The molecule has 1 aromatic carbocycles. The molecule has 0 radical (unpaired) electrons. The lowest BCUT2D eigenvalue weighted by atomic mass is 10.1. The van der Waals surface area contributed by atoms with E-state index in [0.717, 1.165) is 28.3 Å². The summed E-state index contributed by atoms with van der Waals surface area (Å²) in [4.78, 5) is 16.1. The van der Waals surface area contributed by atoms with E-state index in [4.69, 9.17) is 4.74 Å². The van der Waals surface area contributed by atoms with Crippen LogP contribution in [0, 0.1) is 6.92 Å². The molecule has 1 N–H and O–H groups in total. The fraction of sp³-hybridized carbons (Fsp3) is 0.333. The number of carbonyl (C=O) groups is 1. The summed E-state index contributed by atoms with van der Waals surface area (Å²) in [7, 11) is 1.63. The van der Waals surface area contributed by atoms with Crippen LogP contribution >= 0.6 is 11.3 Å². The molecule has 0 bridgehead atoms. The number of hydrogen-bond acceptors (Lipinski definition) is 4. The number of aryl methyl sites for hydroxylation is 2. The Hall–Kier alpha value is -1.88. The quantitative estimate of drug-likeness (QED) is 0.910. The molecule has 0 fully saturated rings. The molecular weight excluding hydrogens is 274 g/mol. The Morgan fingerprint density at radius 1 is 1.45 bits per heavy atom. The van der Waals surface area contributed by atoms with E-state index < -0.39 is 5.97 Å². The average Bonchev–Trinajstić information content (AvgIpc) is 2.83. The summed E-state index contributed by atoms with van der Waals surface area (Å²) in [6, 6.07) is 5.76. The Balaban J connectivity index is 2.44. The fourth-order valence-electron chi connectivity index (χ4n) is 2.06. The first-order valence-corrected chi connectivity index (χ1v) is 7.26. The van der Waals surface area contributed by atoms with Gasteiger partial charge in [0, 0.05) is 5.56 Å². The molecule has 0 atom stereocenters. The average molecular weight is 291 g/mol. The number of rotatable bonds is 5. The highest BCUT2D eigenvalue weighted by molar-refractivity contribution is 7.17. The van der Waals surface area contributed by atoms with Crippen LogP contribution in [0.15, 0.2) is 18.2 Å². The second-order valence-electron chi connectivity index (χ2n) is 4.53. The van der Waals surface area contributed by atoms with Gasteiger partial charge in [-0.1, -0.05) is 13.3 Å². The minimum absolute atomic E-state index is 0.343. The van der Waals surface area contributed by atoms with Gasteiger partial charge in [-0.15, -0.1) is 11.3 Å². The Morgan fingerprint density at radius 2 is 2.20 bits per heavy atom. The molecule has 0 amide bonds. The summed E-state index contributed by atoms with van der Waals surface area (Å²) < 4.78 is 5.23. The number of nitrogens with zero attached hydrogens (tertiary/aromatic N) is 1. The van der Waals surface area contributed by atoms with Crippen molar-refractivity contribution in [3.63, 3.8) is 0 Å². The van der Waals surface area contributed by atoms with Crippen molar-refractivity contribution in [3.8, 4) is 16.3 Å². The molecule has 0 saturated carbocycles. The van der Waals surface area contributed by atoms with E-state index >= 15 is 0 Å². The van der Waals surface area contributed by atoms with Gasteiger partial charge in [-0.25, -0.2) is 9.78 Å². The van der Waals surface area contributed by atoms with Gasteiger partial charge in [-0.3, -0.25) is 0 Å². The van der Waals surface area contributed by atoms with Crippen molar-refractivity contribution in [3.05, 3.63) is 34.3 Å². The van der Waals surface area contributed by atoms with Crippen LogP contribution in [0.2, 0.25) is 0 Å². The van der Waals surface area contributed by atoms with Gasteiger partial charge in [0.15, 0.2) is 0 Å². The number of aromatic carboxylic acids is 1. The van der Waals surface area contributed by atoms with Crippen molar-refractivity contribution in [1.29, 1.82) is 0 Å². The molecule has 0 saturated heterocycles. The molecule has 0 unspecified atom stereocenters. The number of carboxylic acid groups (broad SMARTS) is 1. The van der Waals surface area contributed by atoms with E-state index in [-0.39, 0.29) is 0 Å². The Bertz CT molecular complexity index is 634. The third-order valence-corrected chi connectivity index (χ3v) is 4.15. The number of benzene rings is 1. The number of aromatic nitrogens is 1. The lowest BCUT2D eigenvalue weighted by Crippen LogP contribution is -1.98. The van der Waals surface area contributed by atoms with Gasteiger partial charge >= 0.3 is 5.97 Å². The van der Waals surface area contributed by atoms with Gasteiger partial charge in [-0.2, -0.15) is 0 Å². The lowest BCUT2D eigenvalue weighted by molar-refractivity contribution is 0.0700. The van der Waals surface area contributed by atoms with Crippen LogP contribution in [0.1, 0.15) is 34.3 Å². The normalized spacial score (nSPS) is 10.6. The van der Waals surface area contributed by atoms with Crippen LogP contribution in [0.5, 0.6) is 5.75 Å². The van der Waals surface area contributed by atoms with Gasteiger partial charge in [0.2, 0.25) is 0 Å².